The molecule has 4 atom stereocenters. The van der Waals surface area contributed by atoms with E-state index in [0.717, 1.165) is 12.8 Å². The molecule has 0 amide bonds. The van der Waals surface area contributed by atoms with Gasteiger partial charge in [0.25, 0.3) is 0 Å². The minimum Gasteiger partial charge on any atom is -0.459 e. The molecular weight excluding hydrogens is 228 g/mol. The smallest absolute Gasteiger partial charge is 0.308 e. The van der Waals surface area contributed by atoms with Crippen molar-refractivity contribution in [3.63, 3.8) is 0 Å². The van der Waals surface area contributed by atoms with Crippen LogP contribution in [-0.4, -0.2) is 24.3 Å². The summed E-state index contributed by atoms with van der Waals surface area (Å²) >= 11 is 0. The van der Waals surface area contributed by atoms with Crippen LogP contribution in [0, 0.1) is 5.92 Å². The van der Waals surface area contributed by atoms with E-state index in [9.17, 15) is 4.79 Å². The lowest BCUT2D eigenvalue weighted by Gasteiger charge is -2.20. The maximum atomic E-state index is 11.3. The predicted octanol–water partition coefficient (Wildman–Crippen LogP) is 2.34. The summed E-state index contributed by atoms with van der Waals surface area (Å²) in [7, 11) is 0. The van der Waals surface area contributed by atoms with Gasteiger partial charge in [0.05, 0.1) is 12.5 Å². The summed E-state index contributed by atoms with van der Waals surface area (Å²) in [6, 6.07) is 10.4. The Morgan fingerprint density at radius 3 is 2.78 bits per heavy atom. The van der Waals surface area contributed by atoms with Crippen LogP contribution < -0.4 is 0 Å². The number of esters is 1. The van der Waals surface area contributed by atoms with E-state index in [1.165, 1.54) is 5.56 Å². The van der Waals surface area contributed by atoms with Crippen molar-refractivity contribution in [3.8, 4) is 0 Å². The van der Waals surface area contributed by atoms with E-state index in [1.54, 1.807) is 0 Å². The first-order chi connectivity index (χ1) is 8.78. The second-order valence-electron chi connectivity index (χ2n) is 5.13. The summed E-state index contributed by atoms with van der Waals surface area (Å²) in [5, 5.41) is 0. The SMILES string of the molecule is CC[C@H]1C(Cc2ccccc2)O[C@H]2CC(=O)O[C@H]21. The summed E-state index contributed by atoms with van der Waals surface area (Å²) in [5.41, 5.74) is 1.28. The van der Waals surface area contributed by atoms with Gasteiger partial charge in [-0.3, -0.25) is 4.79 Å². The molecule has 3 nitrogen and oxygen atoms in total. The Morgan fingerprint density at radius 1 is 1.28 bits per heavy atom. The second-order valence-corrected chi connectivity index (χ2v) is 5.13. The van der Waals surface area contributed by atoms with Gasteiger partial charge in [-0.1, -0.05) is 37.3 Å². The fourth-order valence-electron chi connectivity index (χ4n) is 3.12. The normalized spacial score (nSPS) is 34.4. The van der Waals surface area contributed by atoms with Crippen molar-refractivity contribution in [3.05, 3.63) is 35.9 Å². The lowest BCUT2D eigenvalue weighted by atomic mass is 9.90. The topological polar surface area (TPSA) is 35.5 Å². The molecule has 0 aliphatic carbocycles. The number of hydrogen-bond acceptors (Lipinski definition) is 3. The maximum absolute atomic E-state index is 11.3. The Morgan fingerprint density at radius 2 is 2.06 bits per heavy atom. The summed E-state index contributed by atoms with van der Waals surface area (Å²) in [6.07, 6.45) is 2.47. The minimum absolute atomic E-state index is 0.0174. The minimum atomic E-state index is -0.110. The Labute approximate surface area is 107 Å². The highest BCUT2D eigenvalue weighted by molar-refractivity contribution is 5.72. The van der Waals surface area contributed by atoms with Gasteiger partial charge in [-0.15, -0.1) is 0 Å². The van der Waals surface area contributed by atoms with E-state index in [2.05, 4.69) is 19.1 Å². The molecule has 0 bridgehead atoms. The molecule has 1 aromatic rings. The second kappa shape index (κ2) is 4.73. The summed E-state index contributed by atoms with van der Waals surface area (Å²) in [5.74, 6) is 0.225. The number of carbonyl (C=O) groups excluding carboxylic acids is 1. The molecule has 0 N–H and O–H groups in total. The van der Waals surface area contributed by atoms with Gasteiger partial charge in [0.15, 0.2) is 0 Å². The molecular formula is C15H18O3. The Balaban J connectivity index is 1.72. The van der Waals surface area contributed by atoms with Gasteiger partial charge in [-0.25, -0.2) is 0 Å². The van der Waals surface area contributed by atoms with Gasteiger partial charge in [0.1, 0.15) is 12.2 Å². The van der Waals surface area contributed by atoms with Crippen molar-refractivity contribution in [1.29, 1.82) is 0 Å². The van der Waals surface area contributed by atoms with E-state index < -0.39 is 0 Å². The van der Waals surface area contributed by atoms with E-state index in [1.807, 2.05) is 18.2 Å². The van der Waals surface area contributed by atoms with Gasteiger partial charge >= 0.3 is 5.97 Å². The predicted molar refractivity (Wildman–Crippen MR) is 67.1 cm³/mol. The molecule has 2 saturated heterocycles. The van der Waals surface area contributed by atoms with Crippen LogP contribution in [0.3, 0.4) is 0 Å². The number of benzene rings is 1. The summed E-state index contributed by atoms with van der Waals surface area (Å²) in [6.45, 7) is 2.14. The highest BCUT2D eigenvalue weighted by Gasteiger charge is 2.50. The third kappa shape index (κ3) is 2.03. The van der Waals surface area contributed by atoms with Gasteiger partial charge in [0, 0.05) is 5.92 Å². The van der Waals surface area contributed by atoms with Crippen LogP contribution in [0.5, 0.6) is 0 Å². The van der Waals surface area contributed by atoms with Crippen LogP contribution in [-0.2, 0) is 20.7 Å². The summed E-state index contributed by atoms with van der Waals surface area (Å²) in [4.78, 5) is 11.3. The molecule has 0 aromatic heterocycles. The molecule has 1 aromatic carbocycles. The van der Waals surface area contributed by atoms with E-state index in [0.29, 0.717) is 12.3 Å². The molecule has 3 rings (SSSR count). The van der Waals surface area contributed by atoms with Crippen molar-refractivity contribution in [1.82, 2.24) is 0 Å². The average Bonchev–Trinajstić information content (AvgIpc) is 2.85. The summed E-state index contributed by atoms with van der Waals surface area (Å²) < 4.78 is 11.4. The molecule has 2 fully saturated rings. The molecule has 0 radical (unpaired) electrons. The third-order valence-corrected chi connectivity index (χ3v) is 4.00. The van der Waals surface area contributed by atoms with Crippen molar-refractivity contribution < 1.29 is 14.3 Å². The maximum Gasteiger partial charge on any atom is 0.308 e. The molecule has 2 heterocycles. The number of fused-ring (bicyclic) bond motifs is 1. The largest absolute Gasteiger partial charge is 0.459 e. The van der Waals surface area contributed by atoms with Crippen LogP contribution in [0.2, 0.25) is 0 Å². The van der Waals surface area contributed by atoms with Gasteiger partial charge in [-0.2, -0.15) is 0 Å². The van der Waals surface area contributed by atoms with Crippen LogP contribution in [0.15, 0.2) is 30.3 Å². The van der Waals surface area contributed by atoms with E-state index in [-0.39, 0.29) is 24.3 Å². The number of hydrogen-bond donors (Lipinski definition) is 0. The van der Waals surface area contributed by atoms with Gasteiger partial charge < -0.3 is 9.47 Å². The Kier molecular flexibility index (Phi) is 3.08. The van der Waals surface area contributed by atoms with E-state index in [4.69, 9.17) is 9.47 Å². The number of carbonyl (C=O) groups is 1. The molecule has 3 heteroatoms. The van der Waals surface area contributed by atoms with Crippen molar-refractivity contribution in [2.24, 2.45) is 5.92 Å². The van der Waals surface area contributed by atoms with Crippen molar-refractivity contribution >= 4 is 5.97 Å². The number of rotatable bonds is 3. The average molecular weight is 246 g/mol. The van der Waals surface area contributed by atoms with Crippen molar-refractivity contribution in [2.45, 2.75) is 44.5 Å². The zero-order valence-electron chi connectivity index (χ0n) is 10.5. The fraction of sp³-hybridized carbons (Fsp3) is 0.533. The molecule has 2 aliphatic heterocycles. The first-order valence-corrected chi connectivity index (χ1v) is 6.66. The zero-order valence-corrected chi connectivity index (χ0v) is 10.5. The Hall–Kier alpha value is -1.35. The first-order valence-electron chi connectivity index (χ1n) is 6.66. The zero-order chi connectivity index (χ0) is 12.5. The van der Waals surface area contributed by atoms with Crippen molar-refractivity contribution in [2.75, 3.05) is 0 Å². The third-order valence-electron chi connectivity index (χ3n) is 4.00. The first kappa shape index (κ1) is 11.7. The molecule has 96 valence electrons. The van der Waals surface area contributed by atoms with Crippen LogP contribution >= 0.6 is 0 Å². The molecule has 1 unspecified atom stereocenters. The van der Waals surface area contributed by atoms with Gasteiger partial charge in [-0.05, 0) is 18.4 Å². The van der Waals surface area contributed by atoms with Crippen LogP contribution in [0.25, 0.3) is 0 Å². The lowest BCUT2D eigenvalue weighted by molar-refractivity contribution is -0.143. The van der Waals surface area contributed by atoms with E-state index >= 15 is 0 Å². The fourth-order valence-corrected chi connectivity index (χ4v) is 3.12. The standard InChI is InChI=1S/C15H18O3/c1-2-11-12(8-10-6-4-3-5-7-10)17-13-9-14(16)18-15(11)13/h3-7,11-13,15H,2,8-9H2,1H3/t11-,12?,13-,15-/m0/s1. The molecule has 18 heavy (non-hydrogen) atoms. The lowest BCUT2D eigenvalue weighted by Crippen LogP contribution is -2.27. The van der Waals surface area contributed by atoms with Crippen LogP contribution in [0.1, 0.15) is 25.3 Å². The molecule has 0 spiro atoms. The van der Waals surface area contributed by atoms with Crippen LogP contribution in [0.4, 0.5) is 0 Å². The Bertz CT molecular complexity index is 429. The highest BCUT2D eigenvalue weighted by Crippen LogP contribution is 2.38. The quantitative estimate of drug-likeness (QED) is 0.768. The van der Waals surface area contributed by atoms with Gasteiger partial charge in [0.2, 0.25) is 0 Å². The number of ether oxygens (including phenoxy) is 2. The monoisotopic (exact) mass is 246 g/mol. The molecule has 2 aliphatic rings. The highest BCUT2D eigenvalue weighted by atomic mass is 16.6. The molecule has 0 saturated carbocycles.